The van der Waals surface area contributed by atoms with Crippen molar-refractivity contribution in [3.63, 3.8) is 0 Å². The number of esters is 1. The minimum Gasteiger partial charge on any atom is -0.465 e. The first-order valence-corrected chi connectivity index (χ1v) is 8.33. The predicted molar refractivity (Wildman–Crippen MR) is 85.9 cm³/mol. The Bertz CT molecular complexity index is 721. The number of aromatic amines is 1. The second kappa shape index (κ2) is 6.62. The molecule has 0 saturated heterocycles. The van der Waals surface area contributed by atoms with Crippen LogP contribution >= 0.6 is 23.1 Å². The molecule has 0 aliphatic heterocycles. The van der Waals surface area contributed by atoms with Crippen molar-refractivity contribution in [3.05, 3.63) is 27.5 Å². The van der Waals surface area contributed by atoms with Gasteiger partial charge in [-0.25, -0.2) is 4.79 Å². The smallest absolute Gasteiger partial charge is 0.339 e. The number of methoxy groups -OCH3 is 1. The van der Waals surface area contributed by atoms with E-state index in [1.807, 2.05) is 13.8 Å². The van der Waals surface area contributed by atoms with Crippen LogP contribution in [-0.2, 0) is 4.74 Å². The number of aryl methyl sites for hydroxylation is 2. The lowest BCUT2D eigenvalue weighted by molar-refractivity contribution is 0.0599. The Kier molecular flexibility index (Phi) is 5.02. The van der Waals surface area contributed by atoms with E-state index in [-0.39, 0.29) is 11.0 Å². The molecular weight excluding hydrogens is 322 g/mol. The molecule has 2 aromatic rings. The van der Waals surface area contributed by atoms with Gasteiger partial charge in [0, 0.05) is 5.69 Å². The SMILES string of the molecule is COC(=O)c1c(C)[nH]c(C(=O)[C@@H](C)Sc2nnc(C)s2)c1C. The summed E-state index contributed by atoms with van der Waals surface area (Å²) in [6.45, 7) is 7.18. The first-order chi connectivity index (χ1) is 10.3. The quantitative estimate of drug-likeness (QED) is 0.512. The molecule has 1 N–H and O–H groups in total. The lowest BCUT2D eigenvalue weighted by Gasteiger charge is -2.07. The van der Waals surface area contributed by atoms with Gasteiger partial charge in [-0.2, -0.15) is 0 Å². The molecule has 2 aromatic heterocycles. The van der Waals surface area contributed by atoms with Crippen LogP contribution in [0.25, 0.3) is 0 Å². The van der Waals surface area contributed by atoms with Crippen LogP contribution in [0.4, 0.5) is 0 Å². The highest BCUT2D eigenvalue weighted by Crippen LogP contribution is 2.29. The van der Waals surface area contributed by atoms with Crippen LogP contribution in [0.5, 0.6) is 0 Å². The molecule has 0 spiro atoms. The number of H-pyrrole nitrogens is 1. The number of thioether (sulfide) groups is 1. The van der Waals surface area contributed by atoms with Gasteiger partial charge in [-0.3, -0.25) is 4.79 Å². The summed E-state index contributed by atoms with van der Waals surface area (Å²) < 4.78 is 5.51. The van der Waals surface area contributed by atoms with Crippen molar-refractivity contribution in [1.29, 1.82) is 0 Å². The standard InChI is InChI=1S/C14H17N3O3S2/c1-6-10(13(19)20-5)7(2)15-11(6)12(18)8(3)21-14-17-16-9(4)22-14/h8,15H,1-5H3/t8-/m1/s1. The summed E-state index contributed by atoms with van der Waals surface area (Å²) >= 11 is 2.82. The number of ketones is 1. The molecule has 0 unspecified atom stereocenters. The largest absolute Gasteiger partial charge is 0.465 e. The molecule has 0 fully saturated rings. The van der Waals surface area contributed by atoms with Crippen LogP contribution in [0.15, 0.2) is 4.34 Å². The second-order valence-electron chi connectivity index (χ2n) is 4.83. The summed E-state index contributed by atoms with van der Waals surface area (Å²) in [7, 11) is 1.33. The van der Waals surface area contributed by atoms with Crippen LogP contribution in [0.1, 0.15) is 44.0 Å². The molecule has 0 aromatic carbocycles. The van der Waals surface area contributed by atoms with Gasteiger partial charge < -0.3 is 9.72 Å². The number of ether oxygens (including phenoxy) is 1. The van der Waals surface area contributed by atoms with E-state index >= 15 is 0 Å². The number of hydrogen-bond acceptors (Lipinski definition) is 7. The maximum absolute atomic E-state index is 12.6. The highest BCUT2D eigenvalue weighted by Gasteiger charge is 2.26. The van der Waals surface area contributed by atoms with Crippen molar-refractivity contribution >= 4 is 34.9 Å². The number of aromatic nitrogens is 3. The monoisotopic (exact) mass is 339 g/mol. The van der Waals surface area contributed by atoms with Gasteiger partial charge in [0.1, 0.15) is 5.01 Å². The molecule has 0 bridgehead atoms. The highest BCUT2D eigenvalue weighted by atomic mass is 32.2. The summed E-state index contributed by atoms with van der Waals surface area (Å²) in [5.74, 6) is -0.515. The average Bonchev–Trinajstić information content (AvgIpc) is 3.00. The Labute approximate surface area is 136 Å². The van der Waals surface area contributed by atoms with Crippen LogP contribution in [0.2, 0.25) is 0 Å². The van der Waals surface area contributed by atoms with E-state index < -0.39 is 5.97 Å². The number of carbonyl (C=O) groups is 2. The van der Waals surface area contributed by atoms with Crippen LogP contribution in [0.3, 0.4) is 0 Å². The lowest BCUT2D eigenvalue weighted by atomic mass is 10.1. The topological polar surface area (TPSA) is 84.9 Å². The number of hydrogen-bond donors (Lipinski definition) is 1. The van der Waals surface area contributed by atoms with E-state index in [1.165, 1.54) is 30.2 Å². The number of carbonyl (C=O) groups excluding carboxylic acids is 2. The van der Waals surface area contributed by atoms with Gasteiger partial charge in [0.05, 0.1) is 23.6 Å². The summed E-state index contributed by atoms with van der Waals surface area (Å²) in [5.41, 5.74) is 2.13. The molecule has 6 nitrogen and oxygen atoms in total. The maximum atomic E-state index is 12.6. The number of rotatable bonds is 5. The Morgan fingerprint density at radius 2 is 1.95 bits per heavy atom. The normalized spacial score (nSPS) is 12.2. The Hall–Kier alpha value is -1.67. The van der Waals surface area contributed by atoms with Gasteiger partial charge >= 0.3 is 5.97 Å². The Balaban J connectivity index is 2.24. The van der Waals surface area contributed by atoms with Gasteiger partial charge in [0.25, 0.3) is 0 Å². The second-order valence-corrected chi connectivity index (χ2v) is 7.60. The molecule has 0 aliphatic rings. The van der Waals surface area contributed by atoms with Crippen molar-refractivity contribution in [2.45, 2.75) is 37.3 Å². The molecule has 1 atom stereocenters. The number of nitrogens with one attached hydrogen (secondary N) is 1. The molecule has 2 rings (SSSR count). The van der Waals surface area contributed by atoms with Crippen LogP contribution in [-0.4, -0.2) is 39.3 Å². The molecule has 118 valence electrons. The van der Waals surface area contributed by atoms with Crippen molar-refractivity contribution in [3.8, 4) is 0 Å². The van der Waals surface area contributed by atoms with E-state index in [2.05, 4.69) is 15.2 Å². The molecule has 0 aliphatic carbocycles. The van der Waals surface area contributed by atoms with E-state index in [9.17, 15) is 9.59 Å². The van der Waals surface area contributed by atoms with Gasteiger partial charge in [-0.15, -0.1) is 10.2 Å². The van der Waals surface area contributed by atoms with Crippen molar-refractivity contribution in [2.24, 2.45) is 0 Å². The summed E-state index contributed by atoms with van der Waals surface area (Å²) in [6.07, 6.45) is 0. The highest BCUT2D eigenvalue weighted by molar-refractivity contribution is 8.02. The van der Waals surface area contributed by atoms with Crippen LogP contribution < -0.4 is 0 Å². The van der Waals surface area contributed by atoms with E-state index in [4.69, 9.17) is 4.74 Å². The van der Waals surface area contributed by atoms with Crippen molar-refractivity contribution in [1.82, 2.24) is 15.2 Å². The maximum Gasteiger partial charge on any atom is 0.339 e. The summed E-state index contributed by atoms with van der Waals surface area (Å²) in [4.78, 5) is 27.4. The molecule has 0 saturated carbocycles. The number of Topliss-reactive ketones (excluding diaryl/α,β-unsaturated/α-hetero) is 1. The fourth-order valence-corrected chi connectivity index (χ4v) is 4.16. The van der Waals surface area contributed by atoms with E-state index in [0.29, 0.717) is 22.5 Å². The molecule has 0 radical (unpaired) electrons. The predicted octanol–water partition coefficient (Wildman–Crippen LogP) is 2.94. The molecule has 0 amide bonds. The van der Waals surface area contributed by atoms with E-state index in [1.54, 1.807) is 13.8 Å². The fraction of sp³-hybridized carbons (Fsp3) is 0.429. The molecule has 8 heteroatoms. The first-order valence-electron chi connectivity index (χ1n) is 6.63. The average molecular weight is 339 g/mol. The molecular formula is C14H17N3O3S2. The van der Waals surface area contributed by atoms with Gasteiger partial charge in [-0.1, -0.05) is 23.1 Å². The van der Waals surface area contributed by atoms with E-state index in [0.717, 1.165) is 9.35 Å². The van der Waals surface area contributed by atoms with Gasteiger partial charge in [0.2, 0.25) is 0 Å². The lowest BCUT2D eigenvalue weighted by Crippen LogP contribution is -2.15. The summed E-state index contributed by atoms with van der Waals surface area (Å²) in [5, 5.41) is 8.49. The fourth-order valence-electron chi connectivity index (χ4n) is 2.14. The third-order valence-corrected chi connectivity index (χ3v) is 5.25. The van der Waals surface area contributed by atoms with Crippen LogP contribution in [0, 0.1) is 20.8 Å². The van der Waals surface area contributed by atoms with Crippen molar-refractivity contribution < 1.29 is 14.3 Å². The zero-order valence-corrected chi connectivity index (χ0v) is 14.6. The number of nitrogens with zero attached hydrogens (tertiary/aromatic N) is 2. The minimum atomic E-state index is -0.439. The van der Waals surface area contributed by atoms with Gasteiger partial charge in [0.15, 0.2) is 10.1 Å². The zero-order valence-electron chi connectivity index (χ0n) is 13.0. The van der Waals surface area contributed by atoms with Gasteiger partial charge in [-0.05, 0) is 33.3 Å². The molecule has 2 heterocycles. The summed E-state index contributed by atoms with van der Waals surface area (Å²) in [6, 6.07) is 0. The Morgan fingerprint density at radius 3 is 2.50 bits per heavy atom. The Morgan fingerprint density at radius 1 is 1.27 bits per heavy atom. The van der Waals surface area contributed by atoms with Crippen molar-refractivity contribution in [2.75, 3.05) is 7.11 Å². The first kappa shape index (κ1) is 16.7. The third kappa shape index (κ3) is 3.22. The zero-order chi connectivity index (χ0) is 16.4. The molecule has 22 heavy (non-hydrogen) atoms. The minimum absolute atomic E-state index is 0.0754. The third-order valence-electron chi connectivity index (χ3n) is 3.23.